The Morgan fingerprint density at radius 1 is 1.07 bits per heavy atom. The van der Waals surface area contributed by atoms with Crippen LogP contribution in [-0.4, -0.2) is 4.98 Å². The number of aryl methyl sites for hydroxylation is 1. The number of hydrogen-bond acceptors (Lipinski definition) is 1. The molecule has 0 aliphatic rings. The number of rotatable bonds is 1. The molecule has 0 fully saturated rings. The van der Waals surface area contributed by atoms with E-state index in [-0.39, 0.29) is 0 Å². The maximum absolute atomic E-state index is 4.29. The zero-order valence-electron chi connectivity index (χ0n) is 9.12. The highest BCUT2D eigenvalue weighted by Crippen LogP contribution is 2.16. The second-order valence-corrected chi connectivity index (χ2v) is 2.84. The van der Waals surface area contributed by atoms with Gasteiger partial charge in [0.15, 0.2) is 0 Å². The van der Waals surface area contributed by atoms with E-state index in [1.54, 1.807) is 0 Å². The van der Waals surface area contributed by atoms with Gasteiger partial charge in [-0.1, -0.05) is 39.0 Å². The lowest BCUT2D eigenvalue weighted by atomic mass is 10.1. The predicted octanol–water partition coefficient (Wildman–Crippen LogP) is 3.82. The fraction of sp³-hybridized carbons (Fsp3) is 0.308. The van der Waals surface area contributed by atoms with Crippen LogP contribution in [0.4, 0.5) is 0 Å². The molecule has 2 rings (SSSR count). The lowest BCUT2D eigenvalue weighted by molar-refractivity contribution is 1.16. The molecule has 0 amide bonds. The molecule has 0 unspecified atom stereocenters. The monoisotopic (exact) mass is 187 g/mol. The summed E-state index contributed by atoms with van der Waals surface area (Å²) in [6.07, 6.45) is 2.91. The minimum atomic E-state index is 1.07. The number of nitrogens with zero attached hydrogens (tertiary/aromatic N) is 1. The van der Waals surface area contributed by atoms with E-state index in [4.69, 9.17) is 0 Å². The van der Waals surface area contributed by atoms with Gasteiger partial charge in [-0.3, -0.25) is 4.98 Å². The molecule has 1 heterocycles. The van der Waals surface area contributed by atoms with Crippen molar-refractivity contribution in [3.63, 3.8) is 0 Å². The van der Waals surface area contributed by atoms with Gasteiger partial charge in [-0.15, -0.1) is 0 Å². The summed E-state index contributed by atoms with van der Waals surface area (Å²) in [5.41, 5.74) is 2.47. The largest absolute Gasteiger partial charge is 0.256 e. The highest BCUT2D eigenvalue weighted by Gasteiger charge is 1.96. The van der Waals surface area contributed by atoms with E-state index in [2.05, 4.69) is 36.2 Å². The van der Waals surface area contributed by atoms with Crippen LogP contribution >= 0.6 is 0 Å². The molecule has 1 aromatic heterocycles. The van der Waals surface area contributed by atoms with Gasteiger partial charge in [-0.05, 0) is 24.1 Å². The molecule has 0 saturated heterocycles. The quantitative estimate of drug-likeness (QED) is 0.661. The van der Waals surface area contributed by atoms with Gasteiger partial charge in [0, 0.05) is 11.6 Å². The maximum atomic E-state index is 4.29. The Kier molecular flexibility index (Phi) is 4.11. The topological polar surface area (TPSA) is 12.9 Å². The first kappa shape index (κ1) is 10.7. The Bertz CT molecular complexity index is 388. The minimum absolute atomic E-state index is 1.07. The molecule has 0 N–H and O–H groups in total. The van der Waals surface area contributed by atoms with Crippen molar-refractivity contribution in [1.82, 2.24) is 4.98 Å². The molecular formula is C13H17N. The van der Waals surface area contributed by atoms with Crippen LogP contribution in [0.25, 0.3) is 10.9 Å². The molecule has 1 aromatic carbocycles. The van der Waals surface area contributed by atoms with Gasteiger partial charge in [0.05, 0.1) is 5.52 Å². The van der Waals surface area contributed by atoms with Crippen LogP contribution in [-0.2, 0) is 6.42 Å². The van der Waals surface area contributed by atoms with E-state index in [9.17, 15) is 0 Å². The predicted molar refractivity (Wildman–Crippen MR) is 62.5 cm³/mol. The number of aromatic nitrogens is 1. The van der Waals surface area contributed by atoms with Crippen LogP contribution in [0.5, 0.6) is 0 Å². The third-order valence-electron chi connectivity index (χ3n) is 2.12. The summed E-state index contributed by atoms with van der Waals surface area (Å²) in [6.45, 7) is 6.17. The van der Waals surface area contributed by atoms with E-state index in [1.165, 1.54) is 10.9 Å². The number of fused-ring (bicyclic) bond motifs is 1. The number of pyridine rings is 1. The van der Waals surface area contributed by atoms with Crippen molar-refractivity contribution in [2.24, 2.45) is 0 Å². The van der Waals surface area contributed by atoms with Gasteiger partial charge < -0.3 is 0 Å². The van der Waals surface area contributed by atoms with Crippen LogP contribution in [0, 0.1) is 0 Å². The molecule has 2 aromatic rings. The van der Waals surface area contributed by atoms with Crippen molar-refractivity contribution in [2.45, 2.75) is 27.2 Å². The average molecular weight is 187 g/mol. The second kappa shape index (κ2) is 5.38. The van der Waals surface area contributed by atoms with Gasteiger partial charge >= 0.3 is 0 Å². The fourth-order valence-electron chi connectivity index (χ4n) is 1.48. The third kappa shape index (κ3) is 2.11. The van der Waals surface area contributed by atoms with Crippen molar-refractivity contribution >= 4 is 10.9 Å². The van der Waals surface area contributed by atoms with Crippen LogP contribution in [0.3, 0.4) is 0 Å². The second-order valence-electron chi connectivity index (χ2n) is 2.84. The van der Waals surface area contributed by atoms with E-state index in [1.807, 2.05) is 26.1 Å². The van der Waals surface area contributed by atoms with E-state index >= 15 is 0 Å². The molecule has 74 valence electrons. The van der Waals surface area contributed by atoms with Crippen LogP contribution in [0.2, 0.25) is 0 Å². The van der Waals surface area contributed by atoms with Crippen molar-refractivity contribution in [3.8, 4) is 0 Å². The number of benzene rings is 1. The Morgan fingerprint density at radius 2 is 1.86 bits per heavy atom. The summed E-state index contributed by atoms with van der Waals surface area (Å²) < 4.78 is 0. The van der Waals surface area contributed by atoms with Crippen LogP contribution in [0.15, 0.2) is 36.5 Å². The number of hydrogen-bond donors (Lipinski definition) is 0. The average Bonchev–Trinajstić information content (AvgIpc) is 2.31. The molecule has 0 aliphatic carbocycles. The summed E-state index contributed by atoms with van der Waals surface area (Å²) >= 11 is 0. The van der Waals surface area contributed by atoms with Gasteiger partial charge in [0.25, 0.3) is 0 Å². The van der Waals surface area contributed by atoms with E-state index in [0.717, 1.165) is 11.9 Å². The van der Waals surface area contributed by atoms with Gasteiger partial charge in [0.1, 0.15) is 0 Å². The van der Waals surface area contributed by atoms with Gasteiger partial charge in [0.2, 0.25) is 0 Å². The molecule has 14 heavy (non-hydrogen) atoms. The Morgan fingerprint density at radius 3 is 2.57 bits per heavy atom. The summed E-state index contributed by atoms with van der Waals surface area (Å²) in [5, 5.41) is 1.28. The smallest absolute Gasteiger partial charge is 0.0704 e. The molecule has 0 radical (unpaired) electrons. The van der Waals surface area contributed by atoms with Gasteiger partial charge in [-0.25, -0.2) is 0 Å². The van der Waals surface area contributed by atoms with Crippen molar-refractivity contribution in [2.75, 3.05) is 0 Å². The lowest BCUT2D eigenvalue weighted by Crippen LogP contribution is -1.84. The standard InChI is InChI=1S/C11H11N.C2H6/c1-2-9-5-3-7-11-10(9)6-4-8-12-11;1-2/h3-8H,2H2,1H3;1-2H3. The molecule has 0 bridgehead atoms. The zero-order valence-corrected chi connectivity index (χ0v) is 9.12. The first-order chi connectivity index (χ1) is 6.92. The van der Waals surface area contributed by atoms with Gasteiger partial charge in [-0.2, -0.15) is 0 Å². The fourth-order valence-corrected chi connectivity index (χ4v) is 1.48. The van der Waals surface area contributed by atoms with Crippen LogP contribution in [0.1, 0.15) is 26.3 Å². The molecule has 0 atom stereocenters. The Hall–Kier alpha value is -1.37. The molecular weight excluding hydrogens is 170 g/mol. The normalized spacial score (nSPS) is 9.36. The maximum Gasteiger partial charge on any atom is 0.0704 e. The highest BCUT2D eigenvalue weighted by molar-refractivity contribution is 5.81. The summed E-state index contributed by atoms with van der Waals surface area (Å²) in [5.74, 6) is 0. The van der Waals surface area contributed by atoms with Crippen molar-refractivity contribution < 1.29 is 0 Å². The Labute approximate surface area is 85.8 Å². The molecule has 1 nitrogen and oxygen atoms in total. The minimum Gasteiger partial charge on any atom is -0.256 e. The molecule has 0 spiro atoms. The summed E-state index contributed by atoms with van der Waals surface area (Å²) in [7, 11) is 0. The third-order valence-corrected chi connectivity index (χ3v) is 2.12. The molecule has 0 saturated carbocycles. The lowest BCUT2D eigenvalue weighted by Gasteiger charge is -2.01. The van der Waals surface area contributed by atoms with Crippen LogP contribution < -0.4 is 0 Å². The first-order valence-electron chi connectivity index (χ1n) is 5.24. The van der Waals surface area contributed by atoms with Crippen molar-refractivity contribution in [1.29, 1.82) is 0 Å². The molecule has 1 heteroatoms. The SMILES string of the molecule is CC.CCc1cccc2ncccc12. The Balaban J connectivity index is 0.000000461. The first-order valence-corrected chi connectivity index (χ1v) is 5.24. The zero-order chi connectivity index (χ0) is 10.4. The van der Waals surface area contributed by atoms with E-state index < -0.39 is 0 Å². The summed E-state index contributed by atoms with van der Waals surface area (Å²) in [4.78, 5) is 4.29. The summed E-state index contributed by atoms with van der Waals surface area (Å²) in [6, 6.07) is 10.4. The van der Waals surface area contributed by atoms with E-state index in [0.29, 0.717) is 0 Å². The molecule has 0 aliphatic heterocycles. The van der Waals surface area contributed by atoms with Crippen molar-refractivity contribution in [3.05, 3.63) is 42.1 Å². The highest BCUT2D eigenvalue weighted by atomic mass is 14.6.